The smallest absolute Gasteiger partial charge is 0.235 e. The first kappa shape index (κ1) is 8.87. The first-order chi connectivity index (χ1) is 5.74. The Morgan fingerprint density at radius 2 is 2.50 bits per heavy atom. The van der Waals surface area contributed by atoms with E-state index in [0.717, 1.165) is 0 Å². The fourth-order valence-corrected chi connectivity index (χ4v) is 0.867. The quantitative estimate of drug-likeness (QED) is 0.689. The average molecular weight is 166 g/mol. The first-order valence-corrected chi connectivity index (χ1v) is 3.84. The van der Waals surface area contributed by atoms with E-state index in [2.05, 4.69) is 11.9 Å². The van der Waals surface area contributed by atoms with Gasteiger partial charge in [-0.1, -0.05) is 0 Å². The van der Waals surface area contributed by atoms with E-state index >= 15 is 0 Å². The van der Waals surface area contributed by atoms with Crippen LogP contribution in [0.2, 0.25) is 0 Å². The molecule has 3 nitrogen and oxygen atoms in total. The van der Waals surface area contributed by atoms with Gasteiger partial charge in [0.05, 0.1) is 13.5 Å². The summed E-state index contributed by atoms with van der Waals surface area (Å²) in [6.45, 7) is 5.96. The van der Waals surface area contributed by atoms with Gasteiger partial charge in [-0.25, -0.2) is 0 Å². The number of rotatable bonds is 3. The monoisotopic (exact) mass is 166 g/mol. The zero-order valence-corrected chi connectivity index (χ0v) is 7.03. The van der Waals surface area contributed by atoms with E-state index in [-0.39, 0.29) is 0 Å². The lowest BCUT2D eigenvalue weighted by atomic mass is 10.2. The molecule has 1 heterocycles. The number of ether oxygens (including phenoxy) is 1. The molecule has 0 fully saturated rings. The Labute approximate surface area is 72.0 Å². The fourth-order valence-electron chi connectivity index (χ4n) is 0.867. The standard InChI is InChI=1S/C9H12NO2/c1-3-12-8-4-5-10-9(6-8)7(2)11/h4-7,11H,2-3H2,1H3/q+1/t7-/m0/s1. The summed E-state index contributed by atoms with van der Waals surface area (Å²) in [5.74, 6) is 0.713. The second kappa shape index (κ2) is 3.97. The summed E-state index contributed by atoms with van der Waals surface area (Å²) >= 11 is 0. The van der Waals surface area contributed by atoms with Crippen LogP contribution in [-0.4, -0.2) is 16.7 Å². The predicted molar refractivity (Wildman–Crippen MR) is 45.7 cm³/mol. The molecule has 0 unspecified atom stereocenters. The van der Waals surface area contributed by atoms with Gasteiger partial charge in [-0.3, -0.25) is 4.98 Å². The molecule has 1 rings (SSSR count). The van der Waals surface area contributed by atoms with Crippen molar-refractivity contribution in [1.29, 1.82) is 0 Å². The first-order valence-electron chi connectivity index (χ1n) is 3.84. The molecule has 1 N–H and O–H groups in total. The van der Waals surface area contributed by atoms with Crippen molar-refractivity contribution in [3.8, 4) is 5.75 Å². The highest BCUT2D eigenvalue weighted by molar-refractivity contribution is 5.24. The molecule has 0 spiro atoms. The van der Waals surface area contributed by atoms with Crippen molar-refractivity contribution in [3.05, 3.63) is 30.9 Å². The van der Waals surface area contributed by atoms with E-state index in [0.29, 0.717) is 18.1 Å². The Kier molecular flexibility index (Phi) is 2.94. The number of hydrogen-bond donors (Lipinski definition) is 1. The van der Waals surface area contributed by atoms with Gasteiger partial charge in [-0.15, -0.1) is 0 Å². The van der Waals surface area contributed by atoms with Crippen LogP contribution in [0.3, 0.4) is 0 Å². The third-order valence-corrected chi connectivity index (χ3v) is 1.40. The molecule has 0 aliphatic carbocycles. The van der Waals surface area contributed by atoms with Crippen LogP contribution in [0.4, 0.5) is 0 Å². The molecule has 0 radical (unpaired) electrons. The van der Waals surface area contributed by atoms with Gasteiger partial charge >= 0.3 is 0 Å². The second-order valence-electron chi connectivity index (χ2n) is 2.37. The molecule has 0 saturated carbocycles. The van der Waals surface area contributed by atoms with Crippen molar-refractivity contribution in [3.63, 3.8) is 0 Å². The molecular weight excluding hydrogens is 154 g/mol. The van der Waals surface area contributed by atoms with Crippen LogP contribution in [0.1, 0.15) is 18.7 Å². The minimum absolute atomic E-state index is 0.529. The third kappa shape index (κ3) is 2.13. The number of aliphatic hydroxyl groups excluding tert-OH is 1. The number of hydrogen-bond acceptors (Lipinski definition) is 3. The summed E-state index contributed by atoms with van der Waals surface area (Å²) in [7, 11) is 0. The third-order valence-electron chi connectivity index (χ3n) is 1.40. The maximum absolute atomic E-state index is 9.09. The van der Waals surface area contributed by atoms with E-state index < -0.39 is 6.10 Å². The molecule has 0 aromatic carbocycles. The van der Waals surface area contributed by atoms with E-state index in [1.807, 2.05) is 6.92 Å². The van der Waals surface area contributed by atoms with Gasteiger partial charge in [0.15, 0.2) is 0 Å². The predicted octanol–water partition coefficient (Wildman–Crippen LogP) is 1.35. The summed E-state index contributed by atoms with van der Waals surface area (Å²) in [4.78, 5) is 3.93. The van der Waals surface area contributed by atoms with Gasteiger partial charge in [0.25, 0.3) is 0 Å². The molecule has 1 aromatic rings. The van der Waals surface area contributed by atoms with Crippen LogP contribution in [-0.2, 0) is 0 Å². The van der Waals surface area contributed by atoms with Gasteiger partial charge in [-0.05, 0) is 13.0 Å². The minimum Gasteiger partial charge on any atom is -0.494 e. The van der Waals surface area contributed by atoms with Crippen molar-refractivity contribution in [2.45, 2.75) is 13.0 Å². The lowest BCUT2D eigenvalue weighted by molar-refractivity contribution is 0.220. The summed E-state index contributed by atoms with van der Waals surface area (Å²) in [6.07, 6.45) is 0.805. The maximum atomic E-state index is 9.09. The van der Waals surface area contributed by atoms with Gasteiger partial charge in [0.1, 0.15) is 11.4 Å². The topological polar surface area (TPSA) is 42.4 Å². The molecule has 0 saturated heterocycles. The Morgan fingerprint density at radius 3 is 3.08 bits per heavy atom. The number of pyridine rings is 1. The summed E-state index contributed by atoms with van der Waals surface area (Å²) in [5, 5.41) is 9.09. The lowest BCUT2D eigenvalue weighted by Crippen LogP contribution is -1.97. The molecule has 0 bridgehead atoms. The Balaban J connectivity index is 2.81. The Bertz CT molecular complexity index is 248. The second-order valence-corrected chi connectivity index (χ2v) is 2.37. The Hall–Kier alpha value is -1.22. The minimum atomic E-state index is -0.787. The molecule has 12 heavy (non-hydrogen) atoms. The largest absolute Gasteiger partial charge is 0.494 e. The zero-order valence-electron chi connectivity index (χ0n) is 7.03. The Morgan fingerprint density at radius 1 is 1.75 bits per heavy atom. The molecule has 1 atom stereocenters. The molecular formula is C9H12NO2+. The zero-order chi connectivity index (χ0) is 8.97. The highest BCUT2D eigenvalue weighted by Gasteiger charge is 2.08. The summed E-state index contributed by atoms with van der Waals surface area (Å²) in [5.41, 5.74) is 0.529. The number of aliphatic hydroxyl groups is 1. The fraction of sp³-hybridized carbons (Fsp3) is 0.333. The lowest BCUT2D eigenvalue weighted by Gasteiger charge is -2.03. The van der Waals surface area contributed by atoms with E-state index in [1.165, 1.54) is 0 Å². The molecule has 0 amide bonds. The van der Waals surface area contributed by atoms with Crippen LogP contribution in [0.5, 0.6) is 5.75 Å². The molecule has 1 aromatic heterocycles. The van der Waals surface area contributed by atoms with E-state index in [1.54, 1.807) is 18.3 Å². The van der Waals surface area contributed by atoms with Crippen molar-refractivity contribution in [2.75, 3.05) is 6.61 Å². The highest BCUT2D eigenvalue weighted by Crippen LogP contribution is 2.15. The summed E-state index contributed by atoms with van der Waals surface area (Å²) < 4.78 is 5.22. The van der Waals surface area contributed by atoms with Gasteiger partial charge in [-0.2, -0.15) is 0 Å². The van der Waals surface area contributed by atoms with Crippen molar-refractivity contribution in [2.24, 2.45) is 0 Å². The van der Waals surface area contributed by atoms with Crippen LogP contribution in [0, 0.1) is 6.92 Å². The highest BCUT2D eigenvalue weighted by atomic mass is 16.5. The normalized spacial score (nSPS) is 12.5. The number of nitrogens with zero attached hydrogens (tertiary/aromatic N) is 1. The van der Waals surface area contributed by atoms with Crippen LogP contribution < -0.4 is 4.74 Å². The van der Waals surface area contributed by atoms with Crippen LogP contribution in [0.15, 0.2) is 18.3 Å². The molecule has 3 heteroatoms. The maximum Gasteiger partial charge on any atom is 0.235 e. The SMILES string of the molecule is [CH2+][C@H](O)c1cc(OCC)ccn1. The van der Waals surface area contributed by atoms with Crippen LogP contribution in [0.25, 0.3) is 0 Å². The van der Waals surface area contributed by atoms with E-state index in [9.17, 15) is 0 Å². The average Bonchev–Trinajstić information content (AvgIpc) is 2.05. The molecule has 64 valence electrons. The van der Waals surface area contributed by atoms with Gasteiger partial charge in [0, 0.05) is 12.3 Å². The molecule has 0 aliphatic rings. The van der Waals surface area contributed by atoms with Crippen molar-refractivity contribution in [1.82, 2.24) is 4.98 Å². The number of aromatic nitrogens is 1. The van der Waals surface area contributed by atoms with Crippen LogP contribution >= 0.6 is 0 Å². The molecule has 0 aliphatic heterocycles. The summed E-state index contributed by atoms with van der Waals surface area (Å²) in [6, 6.07) is 3.43. The van der Waals surface area contributed by atoms with Gasteiger partial charge in [0.2, 0.25) is 6.10 Å². The van der Waals surface area contributed by atoms with E-state index in [4.69, 9.17) is 9.84 Å². The van der Waals surface area contributed by atoms with Gasteiger partial charge < -0.3 is 9.84 Å². The van der Waals surface area contributed by atoms with Crippen molar-refractivity contribution < 1.29 is 9.84 Å². The van der Waals surface area contributed by atoms with Crippen molar-refractivity contribution >= 4 is 0 Å².